The molecule has 0 heterocycles. The number of nitrogens with one attached hydrogen (secondary N) is 3. The molecule has 25 heavy (non-hydrogen) atoms. The Hall–Kier alpha value is -2.08. The van der Waals surface area contributed by atoms with Crippen LogP contribution in [-0.2, 0) is 9.53 Å². The number of carbonyl (C=O) groups is 2. The van der Waals surface area contributed by atoms with Gasteiger partial charge in [0.25, 0.3) is 0 Å². The molecule has 8 nitrogen and oxygen atoms in total. The fourth-order valence-electron chi connectivity index (χ4n) is 2.87. The molecule has 8 heteroatoms. The predicted octanol–water partition coefficient (Wildman–Crippen LogP) is 1.95. The normalized spacial score (nSPS) is 20.1. The number of hydrogen-bond acceptors (Lipinski definition) is 5. The molecule has 3 N–H and O–H groups in total. The van der Waals surface area contributed by atoms with Crippen molar-refractivity contribution in [2.24, 2.45) is 16.8 Å². The summed E-state index contributed by atoms with van der Waals surface area (Å²) < 4.78 is 5.10. The first-order valence-corrected chi connectivity index (χ1v) is 8.82. The third-order valence-electron chi connectivity index (χ3n) is 3.94. The molecule has 1 aliphatic carbocycles. The highest BCUT2D eigenvalue weighted by Gasteiger charge is 2.22. The van der Waals surface area contributed by atoms with E-state index in [0.717, 1.165) is 25.7 Å². The minimum Gasteiger partial charge on any atom is -0.444 e. The van der Waals surface area contributed by atoms with Crippen molar-refractivity contribution in [3.63, 3.8) is 0 Å². The lowest BCUT2D eigenvalue weighted by Crippen LogP contribution is -2.43. The highest BCUT2D eigenvalue weighted by Crippen LogP contribution is 2.28. The van der Waals surface area contributed by atoms with Gasteiger partial charge in [-0.3, -0.25) is 0 Å². The van der Waals surface area contributed by atoms with E-state index in [1.54, 1.807) is 26.9 Å². The highest BCUT2D eigenvalue weighted by atomic mass is 16.6. The topological polar surface area (TPSA) is 109 Å². The summed E-state index contributed by atoms with van der Waals surface area (Å²) in [4.78, 5) is 37.1. The first-order chi connectivity index (χ1) is 11.8. The van der Waals surface area contributed by atoms with E-state index in [9.17, 15) is 14.4 Å². The molecule has 0 radical (unpaired) electrons. The molecule has 0 saturated heterocycles. The van der Waals surface area contributed by atoms with Gasteiger partial charge in [-0.05, 0) is 51.9 Å². The maximum atomic E-state index is 11.8. The van der Waals surface area contributed by atoms with Crippen LogP contribution in [0.2, 0.25) is 0 Å². The summed E-state index contributed by atoms with van der Waals surface area (Å²) in [5, 5.41) is 8.13. The zero-order valence-electron chi connectivity index (χ0n) is 15.4. The summed E-state index contributed by atoms with van der Waals surface area (Å²) in [6.45, 7) is 7.14. The molecule has 0 aromatic carbocycles. The van der Waals surface area contributed by atoms with Crippen LogP contribution < -0.4 is 16.0 Å². The van der Waals surface area contributed by atoms with E-state index >= 15 is 0 Å². The van der Waals surface area contributed by atoms with Crippen LogP contribution in [0.25, 0.3) is 0 Å². The molecule has 3 amide bonds. The van der Waals surface area contributed by atoms with Gasteiger partial charge < -0.3 is 20.7 Å². The number of aliphatic imine (C=N–C) groups is 1. The molecule has 0 aliphatic heterocycles. The molecule has 0 aromatic heterocycles. The smallest absolute Gasteiger partial charge is 0.407 e. The van der Waals surface area contributed by atoms with Gasteiger partial charge in [-0.15, -0.1) is 0 Å². The Balaban J connectivity index is 2.12. The Labute approximate surface area is 149 Å². The standard InChI is InChI=1S/C17H30N4O4/c1-17(2,3)25-16(24)20-8-7-19-15(23)21-11-14-6-4-5-13(9-14)10-18-12-22/h13-14H,4-11H2,1-3H3,(H,20,24)(H2,19,21,23). The van der Waals surface area contributed by atoms with Crippen LogP contribution in [0.1, 0.15) is 46.5 Å². The van der Waals surface area contributed by atoms with Gasteiger partial charge in [0.05, 0.1) is 6.54 Å². The maximum Gasteiger partial charge on any atom is 0.407 e. The molecule has 0 aromatic rings. The third-order valence-corrected chi connectivity index (χ3v) is 3.94. The number of nitrogens with zero attached hydrogens (tertiary/aromatic N) is 1. The number of alkyl carbamates (subject to hydrolysis) is 1. The second kappa shape index (κ2) is 10.7. The van der Waals surface area contributed by atoms with Crippen molar-refractivity contribution in [2.75, 3.05) is 26.2 Å². The van der Waals surface area contributed by atoms with Crippen LogP contribution >= 0.6 is 0 Å². The lowest BCUT2D eigenvalue weighted by atomic mass is 9.81. The molecule has 1 fully saturated rings. The minimum atomic E-state index is -0.538. The molecule has 0 bridgehead atoms. The molecular formula is C17H30N4O4. The van der Waals surface area contributed by atoms with Crippen LogP contribution in [0, 0.1) is 11.8 Å². The van der Waals surface area contributed by atoms with Gasteiger partial charge in [-0.1, -0.05) is 6.42 Å². The summed E-state index contributed by atoms with van der Waals surface area (Å²) in [6.07, 6.45) is 5.29. The van der Waals surface area contributed by atoms with Crippen molar-refractivity contribution in [3.8, 4) is 0 Å². The first kappa shape index (κ1) is 21.0. The summed E-state index contributed by atoms with van der Waals surface area (Å²) in [5.41, 5.74) is -0.538. The van der Waals surface area contributed by atoms with Crippen molar-refractivity contribution in [2.45, 2.75) is 52.1 Å². The van der Waals surface area contributed by atoms with Gasteiger partial charge in [0.15, 0.2) is 0 Å². The Kier molecular flexibility index (Phi) is 8.99. The molecule has 142 valence electrons. The summed E-state index contributed by atoms with van der Waals surface area (Å²) in [5.74, 6) is 0.814. The molecule has 0 spiro atoms. The van der Waals surface area contributed by atoms with Gasteiger partial charge >= 0.3 is 12.1 Å². The molecule has 2 unspecified atom stereocenters. The average molecular weight is 354 g/mol. The van der Waals surface area contributed by atoms with Crippen LogP contribution in [-0.4, -0.2) is 50.0 Å². The van der Waals surface area contributed by atoms with Crippen LogP contribution in [0.4, 0.5) is 9.59 Å². The Bertz CT molecular complexity index is 484. The fourth-order valence-corrected chi connectivity index (χ4v) is 2.87. The zero-order valence-corrected chi connectivity index (χ0v) is 15.4. The highest BCUT2D eigenvalue weighted by molar-refractivity contribution is 5.74. The van der Waals surface area contributed by atoms with Crippen molar-refractivity contribution < 1.29 is 19.1 Å². The summed E-state index contributed by atoms with van der Waals surface area (Å²) in [6, 6.07) is -0.251. The number of rotatable bonds is 7. The van der Waals surface area contributed by atoms with Crippen molar-refractivity contribution in [1.82, 2.24) is 16.0 Å². The second-order valence-electron chi connectivity index (χ2n) is 7.40. The van der Waals surface area contributed by atoms with E-state index in [1.807, 2.05) is 0 Å². The number of isocyanates is 1. The lowest BCUT2D eigenvalue weighted by Gasteiger charge is -2.28. The van der Waals surface area contributed by atoms with Gasteiger partial charge in [-0.2, -0.15) is 0 Å². The summed E-state index contributed by atoms with van der Waals surface area (Å²) >= 11 is 0. The predicted molar refractivity (Wildman–Crippen MR) is 94.1 cm³/mol. The van der Waals surface area contributed by atoms with Crippen molar-refractivity contribution in [1.29, 1.82) is 0 Å². The number of carbonyl (C=O) groups excluding carboxylic acids is 3. The Morgan fingerprint density at radius 2 is 1.80 bits per heavy atom. The van der Waals surface area contributed by atoms with Crippen LogP contribution in [0.5, 0.6) is 0 Å². The van der Waals surface area contributed by atoms with E-state index in [4.69, 9.17) is 4.74 Å². The zero-order chi connectivity index (χ0) is 18.7. The van der Waals surface area contributed by atoms with Gasteiger partial charge in [0, 0.05) is 19.6 Å². The van der Waals surface area contributed by atoms with Crippen molar-refractivity contribution in [3.05, 3.63) is 0 Å². The largest absolute Gasteiger partial charge is 0.444 e. The van der Waals surface area contributed by atoms with Crippen LogP contribution in [0.15, 0.2) is 4.99 Å². The van der Waals surface area contributed by atoms with Crippen LogP contribution in [0.3, 0.4) is 0 Å². The number of hydrogen-bond donors (Lipinski definition) is 3. The summed E-state index contributed by atoms with van der Waals surface area (Å²) in [7, 11) is 0. The van der Waals surface area contributed by atoms with E-state index in [1.165, 1.54) is 0 Å². The van der Waals surface area contributed by atoms with E-state index < -0.39 is 11.7 Å². The first-order valence-electron chi connectivity index (χ1n) is 8.82. The molecule has 2 atom stereocenters. The number of urea groups is 1. The number of amides is 3. The molecule has 1 aliphatic rings. The minimum absolute atomic E-state index is 0.251. The van der Waals surface area contributed by atoms with E-state index in [-0.39, 0.29) is 6.03 Å². The molecular weight excluding hydrogens is 324 g/mol. The molecule has 1 saturated carbocycles. The second-order valence-corrected chi connectivity index (χ2v) is 7.40. The van der Waals surface area contributed by atoms with E-state index in [2.05, 4.69) is 20.9 Å². The van der Waals surface area contributed by atoms with Crippen molar-refractivity contribution >= 4 is 18.2 Å². The Morgan fingerprint density at radius 1 is 1.12 bits per heavy atom. The average Bonchev–Trinajstić information content (AvgIpc) is 2.54. The van der Waals surface area contributed by atoms with Gasteiger partial charge in [-0.25, -0.2) is 19.4 Å². The third kappa shape index (κ3) is 10.4. The van der Waals surface area contributed by atoms with E-state index in [0.29, 0.717) is 38.0 Å². The number of ether oxygens (including phenoxy) is 1. The molecule has 1 rings (SSSR count). The monoisotopic (exact) mass is 354 g/mol. The lowest BCUT2D eigenvalue weighted by molar-refractivity contribution is 0.0528. The quantitative estimate of drug-likeness (QED) is 0.369. The van der Waals surface area contributed by atoms with Gasteiger partial charge in [0.2, 0.25) is 6.08 Å². The maximum absolute atomic E-state index is 11.8. The van der Waals surface area contributed by atoms with Gasteiger partial charge in [0.1, 0.15) is 5.60 Å². The fraction of sp³-hybridized carbons (Fsp3) is 0.824. The SMILES string of the molecule is CC(C)(C)OC(=O)NCCNC(=O)NCC1CCCC(CN=C=O)C1. The Morgan fingerprint density at radius 3 is 2.48 bits per heavy atom.